The topological polar surface area (TPSA) is 90.6 Å². The molecule has 2 heterocycles. The van der Waals surface area contributed by atoms with Gasteiger partial charge in [-0.2, -0.15) is 0 Å². The number of nitrogens with one attached hydrogen (secondary N) is 3. The molecule has 0 unspecified atom stereocenters. The van der Waals surface area contributed by atoms with Crippen molar-refractivity contribution in [1.82, 2.24) is 15.0 Å². The van der Waals surface area contributed by atoms with Crippen LogP contribution >= 0.6 is 11.8 Å². The predicted octanol–water partition coefficient (Wildman–Crippen LogP) is 2.43. The smallest absolute Gasteiger partial charge is 0.275 e. The highest BCUT2D eigenvalue weighted by molar-refractivity contribution is 7.99. The van der Waals surface area contributed by atoms with E-state index in [0.717, 1.165) is 17.5 Å². The first-order valence-corrected chi connectivity index (χ1v) is 7.78. The maximum Gasteiger partial charge on any atom is 0.275 e. The summed E-state index contributed by atoms with van der Waals surface area (Å²) in [7, 11) is 0. The number of fused-ring (bicyclic) bond motifs is 1. The summed E-state index contributed by atoms with van der Waals surface area (Å²) in [5.41, 5.74) is 2.06. The van der Waals surface area contributed by atoms with Gasteiger partial charge >= 0.3 is 0 Å². The van der Waals surface area contributed by atoms with Crippen LogP contribution in [0.5, 0.6) is 0 Å². The van der Waals surface area contributed by atoms with E-state index in [9.17, 15) is 14.0 Å². The van der Waals surface area contributed by atoms with Gasteiger partial charge in [0.1, 0.15) is 11.3 Å². The number of hydrogen-bond acceptors (Lipinski definition) is 4. The summed E-state index contributed by atoms with van der Waals surface area (Å²) in [4.78, 5) is 33.6. The van der Waals surface area contributed by atoms with E-state index in [1.165, 1.54) is 24.3 Å². The molecule has 118 valence electrons. The molecule has 0 atom stereocenters. The molecule has 3 aromatic rings. The summed E-state index contributed by atoms with van der Waals surface area (Å²) in [6.07, 6.45) is 0. The standard InChI is InChI=1S/C15H13FN4O2S/c1-8-6-11-13(17-8)14(22)20-15(19-11)23-7-12(21)18-10-4-2-9(16)3-5-10/h2-6,17H,7H2,1H3,(H,18,21)(H,19,20,22). The van der Waals surface area contributed by atoms with Crippen LogP contribution in [-0.2, 0) is 4.79 Å². The minimum atomic E-state index is -0.366. The molecule has 2 aromatic heterocycles. The number of amides is 1. The van der Waals surface area contributed by atoms with E-state index in [4.69, 9.17) is 0 Å². The number of rotatable bonds is 4. The van der Waals surface area contributed by atoms with Gasteiger partial charge in [-0.25, -0.2) is 9.37 Å². The van der Waals surface area contributed by atoms with Crippen molar-refractivity contribution in [1.29, 1.82) is 0 Å². The fraction of sp³-hybridized carbons (Fsp3) is 0.133. The zero-order valence-electron chi connectivity index (χ0n) is 12.1. The number of carbonyl (C=O) groups excluding carboxylic acids is 1. The predicted molar refractivity (Wildman–Crippen MR) is 87.2 cm³/mol. The Kier molecular flexibility index (Phi) is 4.16. The lowest BCUT2D eigenvalue weighted by Gasteiger charge is -2.04. The van der Waals surface area contributed by atoms with Crippen LogP contribution in [0.15, 0.2) is 40.3 Å². The normalized spacial score (nSPS) is 10.9. The number of halogens is 1. The Morgan fingerprint density at radius 1 is 1.30 bits per heavy atom. The molecule has 0 spiro atoms. The Morgan fingerprint density at radius 3 is 2.78 bits per heavy atom. The fourth-order valence-electron chi connectivity index (χ4n) is 2.07. The molecule has 23 heavy (non-hydrogen) atoms. The van der Waals surface area contributed by atoms with Gasteiger partial charge < -0.3 is 10.3 Å². The maximum absolute atomic E-state index is 12.8. The third-order valence-corrected chi connectivity index (χ3v) is 3.94. The number of aromatic nitrogens is 3. The third-order valence-electron chi connectivity index (χ3n) is 3.07. The Bertz CT molecular complexity index is 917. The Balaban J connectivity index is 1.66. The van der Waals surface area contributed by atoms with Crippen LogP contribution in [-0.4, -0.2) is 26.6 Å². The van der Waals surface area contributed by atoms with E-state index < -0.39 is 0 Å². The summed E-state index contributed by atoms with van der Waals surface area (Å²) in [5.74, 6) is -0.557. The van der Waals surface area contributed by atoms with E-state index >= 15 is 0 Å². The van der Waals surface area contributed by atoms with Crippen LogP contribution in [0.4, 0.5) is 10.1 Å². The number of aryl methyl sites for hydroxylation is 1. The zero-order chi connectivity index (χ0) is 16.4. The van der Waals surface area contributed by atoms with Crippen molar-refractivity contribution in [2.45, 2.75) is 12.1 Å². The number of thioether (sulfide) groups is 1. The van der Waals surface area contributed by atoms with Crippen LogP contribution in [0.3, 0.4) is 0 Å². The van der Waals surface area contributed by atoms with Crippen molar-refractivity contribution in [2.24, 2.45) is 0 Å². The van der Waals surface area contributed by atoms with Gasteiger partial charge in [0.15, 0.2) is 5.16 Å². The van der Waals surface area contributed by atoms with Crippen LogP contribution in [0.25, 0.3) is 11.0 Å². The van der Waals surface area contributed by atoms with Crippen molar-refractivity contribution in [3.8, 4) is 0 Å². The molecule has 1 amide bonds. The second kappa shape index (κ2) is 6.25. The minimum absolute atomic E-state index is 0.0786. The molecule has 0 fully saturated rings. The number of hydrogen-bond donors (Lipinski definition) is 3. The third kappa shape index (κ3) is 3.59. The summed E-state index contributed by atoms with van der Waals surface area (Å²) in [5, 5.41) is 3.01. The van der Waals surface area contributed by atoms with Crippen LogP contribution in [0.1, 0.15) is 5.69 Å². The van der Waals surface area contributed by atoms with Gasteiger partial charge in [-0.15, -0.1) is 0 Å². The van der Waals surface area contributed by atoms with E-state index in [-0.39, 0.29) is 23.0 Å². The van der Waals surface area contributed by atoms with Crippen LogP contribution in [0, 0.1) is 12.7 Å². The molecular formula is C15H13FN4O2S. The van der Waals surface area contributed by atoms with Gasteiger partial charge in [0.05, 0.1) is 11.3 Å². The Hall–Kier alpha value is -2.61. The lowest BCUT2D eigenvalue weighted by atomic mass is 10.3. The lowest BCUT2D eigenvalue weighted by molar-refractivity contribution is -0.113. The van der Waals surface area contributed by atoms with Gasteiger partial charge in [0.2, 0.25) is 5.91 Å². The van der Waals surface area contributed by atoms with Gasteiger partial charge in [-0.05, 0) is 37.3 Å². The highest BCUT2D eigenvalue weighted by Crippen LogP contribution is 2.16. The molecule has 3 N–H and O–H groups in total. The number of benzene rings is 1. The molecule has 0 saturated carbocycles. The quantitative estimate of drug-likeness (QED) is 0.505. The first kappa shape index (κ1) is 15.3. The molecule has 0 aliphatic rings. The fourth-order valence-corrected chi connectivity index (χ4v) is 2.73. The SMILES string of the molecule is Cc1cc2nc(SCC(=O)Nc3ccc(F)cc3)[nH]c(=O)c2[nH]1. The van der Waals surface area contributed by atoms with Crippen molar-refractivity contribution in [3.63, 3.8) is 0 Å². The summed E-state index contributed by atoms with van der Waals surface area (Å²) >= 11 is 1.12. The van der Waals surface area contributed by atoms with Gasteiger partial charge in [0, 0.05) is 11.4 Å². The highest BCUT2D eigenvalue weighted by atomic mass is 32.2. The summed E-state index contributed by atoms with van der Waals surface area (Å²) in [6.45, 7) is 1.84. The van der Waals surface area contributed by atoms with E-state index in [0.29, 0.717) is 21.9 Å². The zero-order valence-corrected chi connectivity index (χ0v) is 13.0. The first-order valence-electron chi connectivity index (χ1n) is 6.79. The van der Waals surface area contributed by atoms with E-state index in [2.05, 4.69) is 20.3 Å². The van der Waals surface area contributed by atoms with Gasteiger partial charge in [-0.3, -0.25) is 14.6 Å². The average molecular weight is 332 g/mol. The summed E-state index contributed by atoms with van der Waals surface area (Å²) in [6, 6.07) is 7.26. The molecule has 1 aromatic carbocycles. The number of H-pyrrole nitrogens is 2. The highest BCUT2D eigenvalue weighted by Gasteiger charge is 2.09. The van der Waals surface area contributed by atoms with Crippen molar-refractivity contribution in [2.75, 3.05) is 11.1 Å². The van der Waals surface area contributed by atoms with Gasteiger partial charge in [0.25, 0.3) is 5.56 Å². The van der Waals surface area contributed by atoms with Crippen molar-refractivity contribution >= 4 is 34.4 Å². The largest absolute Gasteiger partial charge is 0.353 e. The molecule has 0 radical (unpaired) electrons. The van der Waals surface area contributed by atoms with E-state index in [1.807, 2.05) is 6.92 Å². The van der Waals surface area contributed by atoms with Crippen LogP contribution < -0.4 is 10.9 Å². The average Bonchev–Trinajstić information content (AvgIpc) is 2.89. The lowest BCUT2D eigenvalue weighted by Crippen LogP contribution is -2.15. The van der Waals surface area contributed by atoms with Crippen molar-refractivity contribution in [3.05, 3.63) is 52.2 Å². The first-order chi connectivity index (χ1) is 11.0. The Labute approximate surface area is 134 Å². The number of aromatic amines is 2. The molecule has 0 aliphatic heterocycles. The second-order valence-corrected chi connectivity index (χ2v) is 5.89. The maximum atomic E-state index is 12.8. The van der Waals surface area contributed by atoms with Gasteiger partial charge in [-0.1, -0.05) is 11.8 Å². The van der Waals surface area contributed by atoms with Crippen molar-refractivity contribution < 1.29 is 9.18 Å². The molecule has 8 heteroatoms. The number of anilines is 1. The Morgan fingerprint density at radius 2 is 2.04 bits per heavy atom. The molecule has 0 aliphatic carbocycles. The molecular weight excluding hydrogens is 319 g/mol. The van der Waals surface area contributed by atoms with E-state index in [1.54, 1.807) is 6.07 Å². The number of carbonyl (C=O) groups is 1. The minimum Gasteiger partial charge on any atom is -0.353 e. The molecule has 0 bridgehead atoms. The van der Waals surface area contributed by atoms with Crippen LogP contribution in [0.2, 0.25) is 0 Å². The monoisotopic (exact) mass is 332 g/mol. The molecule has 6 nitrogen and oxygen atoms in total. The summed E-state index contributed by atoms with van der Waals surface area (Å²) < 4.78 is 12.8. The second-order valence-electron chi connectivity index (χ2n) is 4.93. The number of nitrogens with zero attached hydrogens (tertiary/aromatic N) is 1. The molecule has 0 saturated heterocycles. The molecule has 3 rings (SSSR count).